The first-order valence-corrected chi connectivity index (χ1v) is 8.51. The number of aryl methyl sites for hydroxylation is 1. The summed E-state index contributed by atoms with van der Waals surface area (Å²) in [5.41, 5.74) is 1.43. The lowest BCUT2D eigenvalue weighted by Gasteiger charge is -2.21. The average Bonchev–Trinajstić information content (AvgIpc) is 2.58. The zero-order valence-corrected chi connectivity index (χ0v) is 16.1. The molecule has 0 radical (unpaired) electrons. The van der Waals surface area contributed by atoms with Crippen LogP contribution in [-0.2, 0) is 9.59 Å². The minimum absolute atomic E-state index is 0. The highest BCUT2D eigenvalue weighted by atomic mass is 35.5. The average molecular weight is 390 g/mol. The van der Waals surface area contributed by atoms with Gasteiger partial charge in [-0.2, -0.15) is 0 Å². The van der Waals surface area contributed by atoms with Crippen LogP contribution in [0, 0.1) is 12.8 Å². The highest BCUT2D eigenvalue weighted by Crippen LogP contribution is 2.30. The number of carbonyl (C=O) groups excluding carboxylic acids is 2. The molecule has 2 rings (SSSR count). The summed E-state index contributed by atoms with van der Waals surface area (Å²) in [6.45, 7) is 3.85. The Morgan fingerprint density at radius 1 is 1.40 bits per heavy atom. The molecule has 0 bridgehead atoms. The van der Waals surface area contributed by atoms with Crippen LogP contribution in [0.25, 0.3) is 0 Å². The van der Waals surface area contributed by atoms with Crippen LogP contribution < -0.4 is 20.7 Å². The summed E-state index contributed by atoms with van der Waals surface area (Å²) >= 11 is 6.05. The van der Waals surface area contributed by atoms with Crippen LogP contribution >= 0.6 is 24.0 Å². The molecule has 2 amide bonds. The number of halogens is 2. The van der Waals surface area contributed by atoms with Gasteiger partial charge in [0.2, 0.25) is 11.8 Å². The Hall–Kier alpha value is -1.50. The van der Waals surface area contributed by atoms with E-state index in [0.717, 1.165) is 24.9 Å². The first-order chi connectivity index (χ1) is 11.5. The molecule has 25 heavy (non-hydrogen) atoms. The molecule has 0 spiro atoms. The fraction of sp³-hybridized carbons (Fsp3) is 0.529. The number of benzene rings is 1. The Morgan fingerprint density at radius 2 is 2.16 bits per heavy atom. The lowest BCUT2D eigenvalue weighted by atomic mass is 9.99. The van der Waals surface area contributed by atoms with E-state index in [0.29, 0.717) is 29.5 Å². The minimum Gasteiger partial charge on any atom is -0.495 e. The van der Waals surface area contributed by atoms with Crippen molar-refractivity contribution in [3.8, 4) is 5.75 Å². The zero-order chi connectivity index (χ0) is 17.5. The third-order valence-corrected chi connectivity index (χ3v) is 4.48. The molecule has 1 aliphatic rings. The molecule has 1 atom stereocenters. The number of rotatable bonds is 6. The summed E-state index contributed by atoms with van der Waals surface area (Å²) in [4.78, 5) is 24.1. The molecule has 1 aliphatic heterocycles. The van der Waals surface area contributed by atoms with E-state index in [1.54, 1.807) is 12.1 Å². The van der Waals surface area contributed by atoms with Gasteiger partial charge in [-0.05, 0) is 37.9 Å². The predicted molar refractivity (Wildman–Crippen MR) is 102 cm³/mol. The second-order valence-electron chi connectivity index (χ2n) is 5.93. The molecule has 0 saturated carbocycles. The van der Waals surface area contributed by atoms with Crippen molar-refractivity contribution < 1.29 is 14.3 Å². The maximum absolute atomic E-state index is 12.1. The van der Waals surface area contributed by atoms with Crippen LogP contribution in [0.3, 0.4) is 0 Å². The lowest BCUT2D eigenvalue weighted by molar-refractivity contribution is -0.125. The van der Waals surface area contributed by atoms with Gasteiger partial charge in [0, 0.05) is 30.6 Å². The van der Waals surface area contributed by atoms with Crippen LogP contribution in [0.1, 0.15) is 24.8 Å². The van der Waals surface area contributed by atoms with Crippen molar-refractivity contribution >= 4 is 41.5 Å². The first-order valence-electron chi connectivity index (χ1n) is 8.13. The molecule has 1 aromatic carbocycles. The molecule has 1 heterocycles. The van der Waals surface area contributed by atoms with E-state index in [4.69, 9.17) is 16.3 Å². The number of hydrogen-bond donors (Lipinski definition) is 3. The van der Waals surface area contributed by atoms with E-state index >= 15 is 0 Å². The van der Waals surface area contributed by atoms with Crippen molar-refractivity contribution in [3.05, 3.63) is 22.7 Å². The Kier molecular flexibility index (Phi) is 9.03. The fourth-order valence-corrected chi connectivity index (χ4v) is 2.82. The molecular formula is C17H25Cl2N3O3. The fourth-order valence-electron chi connectivity index (χ4n) is 2.66. The molecule has 8 heteroatoms. The molecule has 140 valence electrons. The molecule has 1 aromatic rings. The third-order valence-electron chi connectivity index (χ3n) is 4.07. The number of carbonyl (C=O) groups is 2. The lowest BCUT2D eigenvalue weighted by Crippen LogP contribution is -2.41. The van der Waals surface area contributed by atoms with Crippen LogP contribution in [0.4, 0.5) is 5.69 Å². The SMILES string of the molecule is COc1cc(Cl)c(C)cc1NC(=O)CCNC(=O)C1CCCNC1.Cl. The smallest absolute Gasteiger partial charge is 0.226 e. The van der Waals surface area contributed by atoms with Crippen molar-refractivity contribution in [1.82, 2.24) is 10.6 Å². The predicted octanol–water partition coefficient (Wildman–Crippen LogP) is 2.52. The standard InChI is InChI=1S/C17H24ClN3O3.ClH/c1-11-8-14(15(24-2)9-13(11)18)21-16(22)5-7-20-17(23)12-4-3-6-19-10-12;/h8-9,12,19H,3-7,10H2,1-2H3,(H,20,23)(H,21,22);1H. The van der Waals surface area contributed by atoms with Crippen LogP contribution in [0.5, 0.6) is 5.75 Å². The topological polar surface area (TPSA) is 79.5 Å². The number of amides is 2. The van der Waals surface area contributed by atoms with Gasteiger partial charge in [-0.25, -0.2) is 0 Å². The molecule has 0 aromatic heterocycles. The number of anilines is 1. The van der Waals surface area contributed by atoms with Gasteiger partial charge in [0.15, 0.2) is 0 Å². The number of piperidine rings is 1. The Bertz CT molecular complexity index is 605. The van der Waals surface area contributed by atoms with Crippen molar-refractivity contribution in [2.24, 2.45) is 5.92 Å². The Morgan fingerprint density at radius 3 is 2.80 bits per heavy atom. The molecule has 3 N–H and O–H groups in total. The summed E-state index contributed by atoms with van der Waals surface area (Å²) in [7, 11) is 1.52. The normalized spacial score (nSPS) is 16.5. The Balaban J connectivity index is 0.00000312. The van der Waals surface area contributed by atoms with Gasteiger partial charge in [0.1, 0.15) is 5.75 Å². The molecule has 1 unspecified atom stereocenters. The van der Waals surface area contributed by atoms with Crippen molar-refractivity contribution in [2.45, 2.75) is 26.2 Å². The number of hydrogen-bond acceptors (Lipinski definition) is 4. The van der Waals surface area contributed by atoms with Crippen molar-refractivity contribution in [3.63, 3.8) is 0 Å². The van der Waals surface area contributed by atoms with Gasteiger partial charge in [-0.1, -0.05) is 11.6 Å². The highest BCUT2D eigenvalue weighted by molar-refractivity contribution is 6.31. The van der Waals surface area contributed by atoms with E-state index in [1.807, 2.05) is 6.92 Å². The van der Waals surface area contributed by atoms with Crippen LogP contribution in [0.2, 0.25) is 5.02 Å². The number of methoxy groups -OCH3 is 1. The quantitative estimate of drug-likeness (QED) is 0.698. The van der Waals surface area contributed by atoms with Crippen molar-refractivity contribution in [1.29, 1.82) is 0 Å². The molecule has 6 nitrogen and oxygen atoms in total. The second-order valence-corrected chi connectivity index (χ2v) is 6.34. The zero-order valence-electron chi connectivity index (χ0n) is 14.5. The van der Waals surface area contributed by atoms with Gasteiger partial charge in [0.25, 0.3) is 0 Å². The van der Waals surface area contributed by atoms with E-state index in [1.165, 1.54) is 7.11 Å². The van der Waals surface area contributed by atoms with Gasteiger partial charge in [-0.3, -0.25) is 9.59 Å². The molecule has 0 aliphatic carbocycles. The van der Waals surface area contributed by atoms with Gasteiger partial charge < -0.3 is 20.7 Å². The van der Waals surface area contributed by atoms with E-state index in [-0.39, 0.29) is 36.6 Å². The van der Waals surface area contributed by atoms with E-state index in [9.17, 15) is 9.59 Å². The van der Waals surface area contributed by atoms with Gasteiger partial charge in [-0.15, -0.1) is 12.4 Å². The second kappa shape index (κ2) is 10.5. The summed E-state index contributed by atoms with van der Waals surface area (Å²) in [5, 5.41) is 9.41. The summed E-state index contributed by atoms with van der Waals surface area (Å²) in [5.74, 6) is 0.337. The molecule has 1 saturated heterocycles. The largest absolute Gasteiger partial charge is 0.495 e. The summed E-state index contributed by atoms with van der Waals surface area (Å²) in [6, 6.07) is 3.44. The Labute approximate surface area is 159 Å². The molecular weight excluding hydrogens is 365 g/mol. The number of nitrogens with one attached hydrogen (secondary N) is 3. The van der Waals surface area contributed by atoms with Gasteiger partial charge in [0.05, 0.1) is 18.7 Å². The van der Waals surface area contributed by atoms with Crippen molar-refractivity contribution in [2.75, 3.05) is 32.1 Å². The first kappa shape index (κ1) is 21.5. The molecule has 1 fully saturated rings. The summed E-state index contributed by atoms with van der Waals surface area (Å²) < 4.78 is 5.23. The maximum Gasteiger partial charge on any atom is 0.226 e. The maximum atomic E-state index is 12.1. The number of ether oxygens (including phenoxy) is 1. The van der Waals surface area contributed by atoms with Crippen LogP contribution in [-0.4, -0.2) is 38.6 Å². The minimum atomic E-state index is -0.183. The monoisotopic (exact) mass is 389 g/mol. The summed E-state index contributed by atoms with van der Waals surface area (Å²) in [6.07, 6.45) is 2.11. The van der Waals surface area contributed by atoms with E-state index in [2.05, 4.69) is 16.0 Å². The van der Waals surface area contributed by atoms with E-state index < -0.39 is 0 Å². The van der Waals surface area contributed by atoms with Gasteiger partial charge >= 0.3 is 0 Å². The third kappa shape index (κ3) is 6.38. The highest BCUT2D eigenvalue weighted by Gasteiger charge is 2.20. The van der Waals surface area contributed by atoms with Crippen LogP contribution in [0.15, 0.2) is 12.1 Å².